The molecule has 0 spiro atoms. The first kappa shape index (κ1) is 15.8. The van der Waals surface area contributed by atoms with Crippen molar-refractivity contribution in [3.05, 3.63) is 16.8 Å². The Hall–Kier alpha value is -1.69. The van der Waals surface area contributed by atoms with Gasteiger partial charge in [-0.1, -0.05) is 6.92 Å². The quantitative estimate of drug-likeness (QED) is 0.853. The Morgan fingerprint density at radius 2 is 2.25 bits per heavy atom. The summed E-state index contributed by atoms with van der Waals surface area (Å²) in [6.07, 6.45) is 9.37. The zero-order chi connectivity index (χ0) is 16.5. The molecule has 1 aliphatic carbocycles. The van der Waals surface area contributed by atoms with E-state index in [1.807, 2.05) is 4.90 Å². The van der Waals surface area contributed by atoms with Gasteiger partial charge in [-0.2, -0.15) is 0 Å². The van der Waals surface area contributed by atoms with Gasteiger partial charge >= 0.3 is 0 Å². The Bertz CT molecular complexity index is 758. The average molecular weight is 345 g/mol. The highest BCUT2D eigenvalue weighted by Crippen LogP contribution is 2.39. The van der Waals surface area contributed by atoms with E-state index in [0.717, 1.165) is 48.9 Å². The summed E-state index contributed by atoms with van der Waals surface area (Å²) >= 11 is 1.74. The molecule has 0 radical (unpaired) electrons. The van der Waals surface area contributed by atoms with E-state index < -0.39 is 0 Å². The lowest BCUT2D eigenvalue weighted by atomic mass is 10.00. The number of carbonyl (C=O) groups excluding carboxylic acids is 1. The van der Waals surface area contributed by atoms with Crippen LogP contribution < -0.4 is 4.74 Å². The zero-order valence-electron chi connectivity index (χ0n) is 14.1. The summed E-state index contributed by atoms with van der Waals surface area (Å²) in [5.41, 5.74) is 1.34. The number of carbonyl (C=O) groups is 1. The molecule has 3 heterocycles. The van der Waals surface area contributed by atoms with Gasteiger partial charge in [0, 0.05) is 17.5 Å². The molecule has 0 N–H and O–H groups in total. The van der Waals surface area contributed by atoms with E-state index >= 15 is 0 Å². The lowest BCUT2D eigenvalue weighted by molar-refractivity contribution is -0.137. The van der Waals surface area contributed by atoms with Gasteiger partial charge in [-0.15, -0.1) is 11.3 Å². The molecule has 2 aromatic rings. The van der Waals surface area contributed by atoms with Crippen molar-refractivity contribution >= 4 is 27.5 Å². The summed E-state index contributed by atoms with van der Waals surface area (Å²) in [6.45, 7) is 3.08. The van der Waals surface area contributed by atoms with Crippen LogP contribution in [-0.4, -0.2) is 40.0 Å². The first-order valence-electron chi connectivity index (χ1n) is 8.95. The third-order valence-corrected chi connectivity index (χ3v) is 6.42. The highest BCUT2D eigenvalue weighted by Gasteiger charge is 2.26. The van der Waals surface area contributed by atoms with Crippen LogP contribution in [0.1, 0.15) is 49.5 Å². The lowest BCUT2D eigenvalue weighted by Crippen LogP contribution is -2.45. The Labute approximate surface area is 146 Å². The molecule has 1 saturated heterocycles. The number of piperidine rings is 1. The SMILES string of the molecule is CCC1CCCCN1C(=O)COc1ncnc2sc3c(c12)CCC3. The number of likely N-dealkylation sites (tertiary alicyclic amines) is 1. The predicted octanol–water partition coefficient (Wildman–Crippen LogP) is 3.35. The van der Waals surface area contributed by atoms with Crippen LogP contribution in [-0.2, 0) is 17.6 Å². The number of amides is 1. The van der Waals surface area contributed by atoms with Crippen LogP contribution in [0, 0.1) is 0 Å². The van der Waals surface area contributed by atoms with Gasteiger partial charge in [-0.05, 0) is 50.5 Å². The van der Waals surface area contributed by atoms with Crippen LogP contribution in [0.3, 0.4) is 0 Å². The highest BCUT2D eigenvalue weighted by atomic mass is 32.1. The van der Waals surface area contributed by atoms with E-state index in [1.165, 1.54) is 23.3 Å². The van der Waals surface area contributed by atoms with Crippen LogP contribution >= 0.6 is 11.3 Å². The predicted molar refractivity (Wildman–Crippen MR) is 94.6 cm³/mol. The average Bonchev–Trinajstić information content (AvgIpc) is 3.20. The Balaban J connectivity index is 1.52. The van der Waals surface area contributed by atoms with Gasteiger partial charge in [0.25, 0.3) is 5.91 Å². The Morgan fingerprint density at radius 3 is 3.12 bits per heavy atom. The van der Waals surface area contributed by atoms with Gasteiger partial charge in [-0.25, -0.2) is 9.97 Å². The minimum absolute atomic E-state index is 0.0766. The van der Waals surface area contributed by atoms with Gasteiger partial charge in [0.1, 0.15) is 11.2 Å². The number of ether oxygens (including phenoxy) is 1. The molecule has 1 aliphatic heterocycles. The Morgan fingerprint density at radius 1 is 1.33 bits per heavy atom. The van der Waals surface area contributed by atoms with Crippen molar-refractivity contribution in [1.29, 1.82) is 0 Å². The summed E-state index contributed by atoms with van der Waals surface area (Å²) in [5.74, 6) is 0.665. The topological polar surface area (TPSA) is 55.3 Å². The van der Waals surface area contributed by atoms with E-state index in [4.69, 9.17) is 4.74 Å². The molecule has 2 aromatic heterocycles. The minimum atomic E-state index is 0.0766. The van der Waals surface area contributed by atoms with Crippen LogP contribution in [0.2, 0.25) is 0 Å². The maximum atomic E-state index is 12.6. The summed E-state index contributed by atoms with van der Waals surface area (Å²) in [7, 11) is 0. The third-order valence-electron chi connectivity index (χ3n) is 5.22. The molecule has 2 aliphatic rings. The molecule has 1 atom stereocenters. The summed E-state index contributed by atoms with van der Waals surface area (Å²) in [6, 6.07) is 0.366. The second-order valence-electron chi connectivity index (χ2n) is 6.65. The molecule has 24 heavy (non-hydrogen) atoms. The maximum Gasteiger partial charge on any atom is 0.260 e. The fourth-order valence-electron chi connectivity index (χ4n) is 3.98. The van der Waals surface area contributed by atoms with E-state index in [9.17, 15) is 4.79 Å². The van der Waals surface area contributed by atoms with E-state index in [0.29, 0.717) is 11.9 Å². The van der Waals surface area contributed by atoms with Gasteiger partial charge in [-0.3, -0.25) is 4.79 Å². The van der Waals surface area contributed by atoms with E-state index in [1.54, 1.807) is 17.7 Å². The largest absolute Gasteiger partial charge is 0.467 e. The molecule has 4 rings (SSSR count). The Kier molecular flexibility index (Phi) is 4.39. The number of fused-ring (bicyclic) bond motifs is 3. The summed E-state index contributed by atoms with van der Waals surface area (Å²) in [5, 5.41) is 1.04. The molecule has 128 valence electrons. The number of rotatable bonds is 4. The van der Waals surface area contributed by atoms with E-state index in [-0.39, 0.29) is 12.5 Å². The minimum Gasteiger partial charge on any atom is -0.467 e. The van der Waals surface area contributed by atoms with Gasteiger partial charge in [0.05, 0.1) is 5.39 Å². The van der Waals surface area contributed by atoms with Gasteiger partial charge in [0.2, 0.25) is 5.88 Å². The molecule has 0 aromatic carbocycles. The first-order valence-corrected chi connectivity index (χ1v) is 9.77. The van der Waals surface area contributed by atoms with Crippen molar-refractivity contribution in [2.24, 2.45) is 0 Å². The molecule has 1 unspecified atom stereocenters. The molecule has 1 fully saturated rings. The number of aromatic nitrogens is 2. The number of nitrogens with zero attached hydrogens (tertiary/aromatic N) is 3. The molecule has 1 amide bonds. The van der Waals surface area contributed by atoms with Crippen molar-refractivity contribution in [3.8, 4) is 5.88 Å². The van der Waals surface area contributed by atoms with Crippen LogP contribution in [0.25, 0.3) is 10.2 Å². The van der Waals surface area contributed by atoms with Crippen molar-refractivity contribution in [3.63, 3.8) is 0 Å². The summed E-state index contributed by atoms with van der Waals surface area (Å²) < 4.78 is 5.88. The number of aryl methyl sites for hydroxylation is 2. The molecule has 6 heteroatoms. The molecule has 5 nitrogen and oxygen atoms in total. The zero-order valence-corrected chi connectivity index (χ0v) is 14.9. The first-order chi connectivity index (χ1) is 11.8. The van der Waals surface area contributed by atoms with Crippen molar-refractivity contribution in [2.45, 2.75) is 57.9 Å². The van der Waals surface area contributed by atoms with E-state index in [2.05, 4.69) is 16.9 Å². The van der Waals surface area contributed by atoms with Crippen LogP contribution in [0.5, 0.6) is 5.88 Å². The second-order valence-corrected chi connectivity index (χ2v) is 7.73. The maximum absolute atomic E-state index is 12.6. The lowest BCUT2D eigenvalue weighted by Gasteiger charge is -2.35. The normalized spacial score (nSPS) is 20.4. The molecule has 0 saturated carbocycles. The molecular weight excluding hydrogens is 322 g/mol. The number of hydrogen-bond acceptors (Lipinski definition) is 5. The highest BCUT2D eigenvalue weighted by molar-refractivity contribution is 7.18. The second kappa shape index (κ2) is 6.67. The summed E-state index contributed by atoms with van der Waals surface area (Å²) in [4.78, 5) is 25.7. The molecular formula is C18H23N3O2S. The van der Waals surface area contributed by atoms with Crippen molar-refractivity contribution < 1.29 is 9.53 Å². The number of thiophene rings is 1. The third kappa shape index (κ3) is 2.77. The smallest absolute Gasteiger partial charge is 0.260 e. The molecule has 0 bridgehead atoms. The van der Waals surface area contributed by atoms with Crippen LogP contribution in [0.15, 0.2) is 6.33 Å². The van der Waals surface area contributed by atoms with Crippen molar-refractivity contribution in [2.75, 3.05) is 13.2 Å². The monoisotopic (exact) mass is 345 g/mol. The van der Waals surface area contributed by atoms with Crippen LogP contribution in [0.4, 0.5) is 0 Å². The fraction of sp³-hybridized carbons (Fsp3) is 0.611. The number of hydrogen-bond donors (Lipinski definition) is 0. The fourth-order valence-corrected chi connectivity index (χ4v) is 5.19. The van der Waals surface area contributed by atoms with Gasteiger partial charge in [0.15, 0.2) is 6.61 Å². The van der Waals surface area contributed by atoms with Gasteiger partial charge < -0.3 is 9.64 Å². The van der Waals surface area contributed by atoms with Crippen molar-refractivity contribution in [1.82, 2.24) is 14.9 Å². The standard InChI is InChI=1S/C18H23N3O2S/c1-2-12-6-3-4-9-21(12)15(22)10-23-17-16-13-7-5-8-14(13)24-18(16)20-11-19-17/h11-12H,2-10H2,1H3.